The Hall–Kier alpha value is -3.88. The average Bonchev–Trinajstić information content (AvgIpc) is 3.23. The van der Waals surface area contributed by atoms with Crippen molar-refractivity contribution in [2.75, 3.05) is 6.61 Å². The molecule has 4 rings (SSSR count). The zero-order chi connectivity index (χ0) is 24.3. The second-order valence-corrected chi connectivity index (χ2v) is 7.91. The Bertz CT molecular complexity index is 1290. The SMILES string of the molecule is CCOC(=O)C(C)(Cc1ccccc1)c1ccnc2c(-c3ccc(OC(F)(F)F)cc3)cnn12. The molecular weight excluding hydrogens is 447 g/mol. The molecule has 0 saturated carbocycles. The number of ether oxygens (including phenoxy) is 2. The summed E-state index contributed by atoms with van der Waals surface area (Å²) in [6.45, 7) is 3.78. The summed E-state index contributed by atoms with van der Waals surface area (Å²) >= 11 is 0. The highest BCUT2D eigenvalue weighted by Crippen LogP contribution is 2.33. The van der Waals surface area contributed by atoms with Crippen LogP contribution in [0, 0.1) is 0 Å². The van der Waals surface area contributed by atoms with Gasteiger partial charge in [0.1, 0.15) is 11.2 Å². The van der Waals surface area contributed by atoms with Gasteiger partial charge in [0, 0.05) is 11.8 Å². The number of aromatic nitrogens is 3. The van der Waals surface area contributed by atoms with E-state index in [-0.39, 0.29) is 12.4 Å². The predicted octanol–water partition coefficient (Wildman–Crippen LogP) is 5.36. The Morgan fingerprint density at radius 3 is 2.38 bits per heavy atom. The smallest absolute Gasteiger partial charge is 0.465 e. The van der Waals surface area contributed by atoms with Crippen molar-refractivity contribution in [3.05, 3.63) is 84.3 Å². The van der Waals surface area contributed by atoms with Gasteiger partial charge in [-0.3, -0.25) is 4.79 Å². The lowest BCUT2D eigenvalue weighted by atomic mass is 9.80. The number of nitrogens with zero attached hydrogens (tertiary/aromatic N) is 3. The van der Waals surface area contributed by atoms with Crippen molar-refractivity contribution >= 4 is 11.6 Å². The molecule has 2 aromatic carbocycles. The maximum absolute atomic E-state index is 13.2. The predicted molar refractivity (Wildman–Crippen MR) is 119 cm³/mol. The van der Waals surface area contributed by atoms with Crippen LogP contribution in [0.4, 0.5) is 13.2 Å². The van der Waals surface area contributed by atoms with Gasteiger partial charge in [-0.2, -0.15) is 5.10 Å². The van der Waals surface area contributed by atoms with Crippen LogP contribution >= 0.6 is 0 Å². The number of carbonyl (C=O) groups excluding carboxylic acids is 1. The minimum Gasteiger partial charge on any atom is -0.465 e. The maximum atomic E-state index is 13.2. The molecule has 176 valence electrons. The van der Waals surface area contributed by atoms with E-state index in [1.165, 1.54) is 24.3 Å². The van der Waals surface area contributed by atoms with E-state index in [4.69, 9.17) is 4.74 Å². The topological polar surface area (TPSA) is 65.7 Å². The summed E-state index contributed by atoms with van der Waals surface area (Å²) in [7, 11) is 0. The molecule has 0 radical (unpaired) electrons. The lowest BCUT2D eigenvalue weighted by molar-refractivity contribution is -0.274. The van der Waals surface area contributed by atoms with Crippen LogP contribution in [0.3, 0.4) is 0 Å². The van der Waals surface area contributed by atoms with Gasteiger partial charge in [-0.05, 0) is 49.6 Å². The van der Waals surface area contributed by atoms with Crippen molar-refractivity contribution in [3.63, 3.8) is 0 Å². The lowest BCUT2D eigenvalue weighted by Crippen LogP contribution is -2.38. The van der Waals surface area contributed by atoms with Crippen LogP contribution in [0.15, 0.2) is 73.1 Å². The van der Waals surface area contributed by atoms with Crippen LogP contribution in [-0.2, 0) is 21.4 Å². The third kappa shape index (κ3) is 4.73. The molecule has 9 heteroatoms. The molecule has 0 aliphatic rings. The fourth-order valence-corrected chi connectivity index (χ4v) is 3.91. The molecule has 1 atom stereocenters. The van der Waals surface area contributed by atoms with Crippen molar-refractivity contribution in [3.8, 4) is 16.9 Å². The van der Waals surface area contributed by atoms with Crippen molar-refractivity contribution in [2.24, 2.45) is 0 Å². The highest BCUT2D eigenvalue weighted by Gasteiger charge is 2.40. The van der Waals surface area contributed by atoms with Crippen LogP contribution < -0.4 is 4.74 Å². The summed E-state index contributed by atoms with van der Waals surface area (Å²) < 4.78 is 48.4. The highest BCUT2D eigenvalue weighted by atomic mass is 19.4. The minimum absolute atomic E-state index is 0.230. The molecule has 0 amide bonds. The summed E-state index contributed by atoms with van der Waals surface area (Å²) in [6.07, 6.45) is -1.23. The van der Waals surface area contributed by atoms with E-state index >= 15 is 0 Å². The molecule has 0 aliphatic carbocycles. The van der Waals surface area contributed by atoms with Gasteiger partial charge >= 0.3 is 12.3 Å². The van der Waals surface area contributed by atoms with Crippen molar-refractivity contribution < 1.29 is 27.4 Å². The molecule has 0 aliphatic heterocycles. The van der Waals surface area contributed by atoms with Crippen molar-refractivity contribution in [1.29, 1.82) is 0 Å². The van der Waals surface area contributed by atoms with E-state index in [1.807, 2.05) is 30.3 Å². The maximum Gasteiger partial charge on any atom is 0.573 e. The molecule has 2 heterocycles. The Morgan fingerprint density at radius 2 is 1.74 bits per heavy atom. The molecule has 0 bridgehead atoms. The van der Waals surface area contributed by atoms with E-state index < -0.39 is 17.7 Å². The number of carbonyl (C=O) groups is 1. The first-order valence-corrected chi connectivity index (χ1v) is 10.6. The number of hydrogen-bond acceptors (Lipinski definition) is 5. The van der Waals surface area contributed by atoms with Crippen LogP contribution in [-0.4, -0.2) is 33.5 Å². The van der Waals surface area contributed by atoms with E-state index in [1.54, 1.807) is 36.8 Å². The number of fused-ring (bicyclic) bond motifs is 1. The molecule has 2 aromatic heterocycles. The number of rotatable bonds is 7. The third-order valence-electron chi connectivity index (χ3n) is 5.49. The second-order valence-electron chi connectivity index (χ2n) is 7.91. The Labute approximate surface area is 194 Å². The molecule has 0 spiro atoms. The quantitative estimate of drug-likeness (QED) is 0.341. The van der Waals surface area contributed by atoms with Gasteiger partial charge in [-0.25, -0.2) is 9.50 Å². The summed E-state index contributed by atoms with van der Waals surface area (Å²) in [5, 5.41) is 4.46. The molecule has 34 heavy (non-hydrogen) atoms. The number of halogens is 3. The normalized spacial score (nSPS) is 13.4. The van der Waals surface area contributed by atoms with Gasteiger partial charge in [0.2, 0.25) is 0 Å². The van der Waals surface area contributed by atoms with Gasteiger partial charge < -0.3 is 9.47 Å². The van der Waals surface area contributed by atoms with E-state index in [0.29, 0.717) is 28.9 Å². The Kier molecular flexibility index (Phi) is 6.28. The van der Waals surface area contributed by atoms with Crippen molar-refractivity contribution in [1.82, 2.24) is 14.6 Å². The first kappa shape index (κ1) is 23.3. The zero-order valence-electron chi connectivity index (χ0n) is 18.5. The van der Waals surface area contributed by atoms with Crippen LogP contribution in [0.25, 0.3) is 16.8 Å². The van der Waals surface area contributed by atoms with E-state index in [9.17, 15) is 18.0 Å². The monoisotopic (exact) mass is 469 g/mol. The largest absolute Gasteiger partial charge is 0.573 e. The average molecular weight is 469 g/mol. The lowest BCUT2D eigenvalue weighted by Gasteiger charge is -2.28. The summed E-state index contributed by atoms with van der Waals surface area (Å²) in [5.41, 5.74) is 2.15. The van der Waals surface area contributed by atoms with Crippen LogP contribution in [0.1, 0.15) is 25.1 Å². The third-order valence-corrected chi connectivity index (χ3v) is 5.49. The molecule has 4 aromatic rings. The summed E-state index contributed by atoms with van der Waals surface area (Å²) in [4.78, 5) is 17.6. The summed E-state index contributed by atoms with van der Waals surface area (Å²) in [6, 6.07) is 16.8. The van der Waals surface area contributed by atoms with E-state index in [2.05, 4.69) is 14.8 Å². The molecular formula is C25H22F3N3O3. The number of hydrogen-bond donors (Lipinski definition) is 0. The number of benzene rings is 2. The standard InChI is InChI=1S/C25H22F3N3O3/c1-3-33-23(32)24(2,15-17-7-5-4-6-8-17)21-13-14-29-22-20(16-30-31(21)22)18-9-11-19(12-10-18)34-25(26,27)28/h4-14,16H,3,15H2,1-2H3. The fourth-order valence-electron chi connectivity index (χ4n) is 3.91. The molecule has 0 N–H and O–H groups in total. The van der Waals surface area contributed by atoms with Gasteiger partial charge in [-0.15, -0.1) is 13.2 Å². The van der Waals surface area contributed by atoms with Gasteiger partial charge in [0.25, 0.3) is 0 Å². The molecule has 1 unspecified atom stereocenters. The van der Waals surface area contributed by atoms with Crippen LogP contribution in [0.5, 0.6) is 5.75 Å². The zero-order valence-corrected chi connectivity index (χ0v) is 18.5. The van der Waals surface area contributed by atoms with E-state index in [0.717, 1.165) is 5.56 Å². The second kappa shape index (κ2) is 9.17. The first-order valence-electron chi connectivity index (χ1n) is 10.6. The van der Waals surface area contributed by atoms with Crippen molar-refractivity contribution in [2.45, 2.75) is 32.0 Å². The van der Waals surface area contributed by atoms with Gasteiger partial charge in [0.15, 0.2) is 5.65 Å². The van der Waals surface area contributed by atoms with Gasteiger partial charge in [-0.1, -0.05) is 42.5 Å². The Balaban J connectivity index is 1.77. The highest BCUT2D eigenvalue weighted by molar-refractivity contribution is 5.84. The Morgan fingerprint density at radius 1 is 1.03 bits per heavy atom. The molecule has 0 saturated heterocycles. The first-order chi connectivity index (χ1) is 16.2. The number of esters is 1. The van der Waals surface area contributed by atoms with Crippen LogP contribution in [0.2, 0.25) is 0 Å². The molecule has 6 nitrogen and oxygen atoms in total. The fraction of sp³-hybridized carbons (Fsp3) is 0.240. The number of alkyl halides is 3. The molecule has 0 fully saturated rings. The summed E-state index contributed by atoms with van der Waals surface area (Å²) in [5.74, 6) is -0.712. The minimum atomic E-state index is -4.77. The van der Waals surface area contributed by atoms with Gasteiger partial charge in [0.05, 0.1) is 18.5 Å².